The number of carbonyl (C=O) groups excluding carboxylic acids is 1. The van der Waals surface area contributed by atoms with Crippen molar-refractivity contribution in [3.05, 3.63) is 0 Å². The second kappa shape index (κ2) is 4.78. The van der Waals surface area contributed by atoms with Crippen LogP contribution in [0.15, 0.2) is 0 Å². The van der Waals surface area contributed by atoms with E-state index in [0.717, 1.165) is 25.4 Å². The Labute approximate surface area is 85.6 Å². The van der Waals surface area contributed by atoms with Crippen LogP contribution in [0.2, 0.25) is 0 Å². The van der Waals surface area contributed by atoms with Gasteiger partial charge in [-0.3, -0.25) is 4.79 Å². The normalized spacial score (nSPS) is 28.1. The number of nitrogens with one attached hydrogen (secondary N) is 2. The molecular weight excluding hydrogens is 176 g/mol. The third-order valence-electron chi connectivity index (χ3n) is 3.43. The lowest BCUT2D eigenvalue weighted by Crippen LogP contribution is -2.53. The first-order chi connectivity index (χ1) is 6.86. The van der Waals surface area contributed by atoms with Gasteiger partial charge in [-0.05, 0) is 31.7 Å². The number of hydrogen-bond donors (Lipinski definition) is 2. The van der Waals surface area contributed by atoms with Crippen LogP contribution in [0.5, 0.6) is 0 Å². The van der Waals surface area contributed by atoms with Crippen molar-refractivity contribution in [2.75, 3.05) is 13.1 Å². The molecule has 0 radical (unpaired) electrons. The van der Waals surface area contributed by atoms with Crippen molar-refractivity contribution in [1.82, 2.24) is 10.6 Å². The summed E-state index contributed by atoms with van der Waals surface area (Å²) in [5.74, 6) is 0.953. The monoisotopic (exact) mass is 196 g/mol. The van der Waals surface area contributed by atoms with E-state index >= 15 is 0 Å². The lowest BCUT2D eigenvalue weighted by molar-refractivity contribution is -0.124. The maximum atomic E-state index is 11.5. The Morgan fingerprint density at radius 3 is 2.50 bits per heavy atom. The van der Waals surface area contributed by atoms with E-state index < -0.39 is 0 Å². The fraction of sp³-hybridized carbons (Fsp3) is 0.909. The van der Waals surface area contributed by atoms with Crippen molar-refractivity contribution in [3.63, 3.8) is 0 Å². The van der Waals surface area contributed by atoms with Gasteiger partial charge in [-0.15, -0.1) is 0 Å². The minimum atomic E-state index is 0.110. The van der Waals surface area contributed by atoms with Gasteiger partial charge in [-0.25, -0.2) is 0 Å². The summed E-state index contributed by atoms with van der Waals surface area (Å²) in [6, 6.07) is 0.110. The third-order valence-corrected chi connectivity index (χ3v) is 3.43. The molecule has 80 valence electrons. The van der Waals surface area contributed by atoms with Crippen molar-refractivity contribution in [3.8, 4) is 0 Å². The number of hydrogen-bond acceptors (Lipinski definition) is 2. The van der Waals surface area contributed by atoms with E-state index in [0.29, 0.717) is 0 Å². The van der Waals surface area contributed by atoms with Crippen molar-refractivity contribution in [2.45, 2.75) is 44.6 Å². The summed E-state index contributed by atoms with van der Waals surface area (Å²) >= 11 is 0. The zero-order chi connectivity index (χ0) is 9.80. The second-order valence-corrected chi connectivity index (χ2v) is 4.54. The molecule has 1 heterocycles. The number of rotatable bonds is 3. The predicted molar refractivity (Wildman–Crippen MR) is 56.0 cm³/mol. The molecule has 0 spiro atoms. The fourth-order valence-electron chi connectivity index (χ4n) is 2.27. The summed E-state index contributed by atoms with van der Waals surface area (Å²) in [5, 5.41) is 6.17. The summed E-state index contributed by atoms with van der Waals surface area (Å²) in [6.07, 6.45) is 7.70. The summed E-state index contributed by atoms with van der Waals surface area (Å²) in [6.45, 7) is 1.90. The van der Waals surface area contributed by atoms with Gasteiger partial charge in [-0.1, -0.05) is 19.3 Å². The molecule has 0 aromatic rings. The number of carbonyl (C=O) groups is 1. The molecule has 1 aliphatic heterocycles. The van der Waals surface area contributed by atoms with Crippen LogP contribution in [0.4, 0.5) is 0 Å². The van der Waals surface area contributed by atoms with Gasteiger partial charge in [-0.2, -0.15) is 0 Å². The maximum Gasteiger partial charge on any atom is 0.237 e. The molecule has 0 aromatic carbocycles. The Kier molecular flexibility index (Phi) is 3.40. The highest BCUT2D eigenvalue weighted by atomic mass is 16.2. The Hall–Kier alpha value is -0.570. The zero-order valence-electron chi connectivity index (χ0n) is 8.72. The third kappa shape index (κ3) is 2.47. The fourth-order valence-corrected chi connectivity index (χ4v) is 2.27. The highest BCUT2D eigenvalue weighted by Gasteiger charge is 2.24. The van der Waals surface area contributed by atoms with Crippen LogP contribution in [0, 0.1) is 5.92 Å². The molecule has 2 fully saturated rings. The van der Waals surface area contributed by atoms with Crippen LogP contribution < -0.4 is 10.6 Å². The van der Waals surface area contributed by atoms with Crippen LogP contribution in [-0.4, -0.2) is 25.0 Å². The highest BCUT2D eigenvalue weighted by molar-refractivity contribution is 5.82. The molecule has 0 aromatic heterocycles. The second-order valence-electron chi connectivity index (χ2n) is 4.54. The summed E-state index contributed by atoms with van der Waals surface area (Å²) in [4.78, 5) is 11.5. The average Bonchev–Trinajstić information content (AvgIpc) is 2.14. The molecule has 3 nitrogen and oxygen atoms in total. The minimum Gasteiger partial charge on any atom is -0.354 e. The highest BCUT2D eigenvalue weighted by Crippen LogP contribution is 2.22. The van der Waals surface area contributed by atoms with Gasteiger partial charge in [0.25, 0.3) is 0 Å². The smallest absolute Gasteiger partial charge is 0.237 e. The van der Waals surface area contributed by atoms with E-state index in [-0.39, 0.29) is 11.9 Å². The Morgan fingerprint density at radius 2 is 1.93 bits per heavy atom. The lowest BCUT2D eigenvalue weighted by Gasteiger charge is -2.28. The van der Waals surface area contributed by atoms with Gasteiger partial charge < -0.3 is 10.6 Å². The molecule has 14 heavy (non-hydrogen) atoms. The van der Waals surface area contributed by atoms with Crippen LogP contribution in [0.25, 0.3) is 0 Å². The molecule has 2 N–H and O–H groups in total. The Bertz CT molecular complexity index is 195. The maximum absolute atomic E-state index is 11.5. The predicted octanol–water partition coefficient (Wildman–Crippen LogP) is 1.04. The number of amides is 1. The molecule has 2 aliphatic rings. The van der Waals surface area contributed by atoms with Gasteiger partial charge in [0.1, 0.15) is 0 Å². The molecule has 2 rings (SSSR count). The summed E-state index contributed by atoms with van der Waals surface area (Å²) in [7, 11) is 0. The Morgan fingerprint density at radius 1 is 1.21 bits per heavy atom. The van der Waals surface area contributed by atoms with Gasteiger partial charge >= 0.3 is 0 Å². The summed E-state index contributed by atoms with van der Waals surface area (Å²) < 4.78 is 0. The topological polar surface area (TPSA) is 41.1 Å². The molecule has 1 amide bonds. The molecule has 1 atom stereocenters. The van der Waals surface area contributed by atoms with Gasteiger partial charge in [0.2, 0.25) is 5.91 Å². The van der Waals surface area contributed by atoms with Crippen LogP contribution >= 0.6 is 0 Å². The van der Waals surface area contributed by atoms with Crippen LogP contribution in [-0.2, 0) is 4.79 Å². The summed E-state index contributed by atoms with van der Waals surface area (Å²) in [5.41, 5.74) is 0. The van der Waals surface area contributed by atoms with Crippen LogP contribution in [0.1, 0.15) is 38.5 Å². The average molecular weight is 196 g/mol. The lowest BCUT2D eigenvalue weighted by atomic mass is 9.89. The first kappa shape index (κ1) is 9.97. The Balaban J connectivity index is 1.62. The van der Waals surface area contributed by atoms with E-state index in [1.165, 1.54) is 32.1 Å². The van der Waals surface area contributed by atoms with Crippen molar-refractivity contribution < 1.29 is 4.79 Å². The first-order valence-electron chi connectivity index (χ1n) is 5.87. The van der Waals surface area contributed by atoms with Gasteiger partial charge in [0.15, 0.2) is 0 Å². The minimum absolute atomic E-state index is 0.110. The molecule has 1 saturated carbocycles. The van der Waals surface area contributed by atoms with Crippen molar-refractivity contribution in [1.29, 1.82) is 0 Å². The molecule has 3 heteroatoms. The van der Waals surface area contributed by atoms with E-state index in [9.17, 15) is 4.79 Å². The molecule has 1 aliphatic carbocycles. The molecular formula is C11H20N2O. The van der Waals surface area contributed by atoms with E-state index in [4.69, 9.17) is 0 Å². The molecule has 0 unspecified atom stereocenters. The first-order valence-corrected chi connectivity index (χ1v) is 5.87. The molecule has 1 saturated heterocycles. The van der Waals surface area contributed by atoms with Crippen molar-refractivity contribution >= 4 is 5.91 Å². The largest absolute Gasteiger partial charge is 0.354 e. The molecule has 0 bridgehead atoms. The zero-order valence-corrected chi connectivity index (χ0v) is 8.72. The van der Waals surface area contributed by atoms with E-state index in [2.05, 4.69) is 10.6 Å². The SMILES string of the molecule is O=C(NCC1CCCCC1)[C@H]1CCN1. The van der Waals surface area contributed by atoms with E-state index in [1.54, 1.807) is 0 Å². The van der Waals surface area contributed by atoms with Crippen molar-refractivity contribution in [2.24, 2.45) is 5.92 Å². The van der Waals surface area contributed by atoms with Crippen LogP contribution in [0.3, 0.4) is 0 Å². The van der Waals surface area contributed by atoms with Gasteiger partial charge in [0.05, 0.1) is 6.04 Å². The quantitative estimate of drug-likeness (QED) is 0.708. The van der Waals surface area contributed by atoms with E-state index in [1.807, 2.05) is 0 Å². The standard InChI is InChI=1S/C11H20N2O/c14-11(10-6-7-12-10)13-8-9-4-2-1-3-5-9/h9-10,12H,1-8H2,(H,13,14)/t10-/m1/s1. The van der Waals surface area contributed by atoms with Gasteiger partial charge in [0, 0.05) is 6.54 Å².